The van der Waals surface area contributed by atoms with Crippen molar-refractivity contribution in [2.45, 2.75) is 39.3 Å². The number of hydrogen-bond acceptors (Lipinski definition) is 3. The molecule has 0 bridgehead atoms. The molecule has 1 heterocycles. The zero-order valence-electron chi connectivity index (χ0n) is 15.2. The number of benzene rings is 1. The lowest BCUT2D eigenvalue weighted by molar-refractivity contribution is 0.168. The average Bonchev–Trinajstić information content (AvgIpc) is 3.04. The molecule has 1 atom stereocenters. The van der Waals surface area contributed by atoms with Crippen LogP contribution in [-0.2, 0) is 6.54 Å². The maximum Gasteiger partial charge on any atom is 0.191 e. The Morgan fingerprint density at radius 2 is 2.08 bits per heavy atom. The van der Waals surface area contributed by atoms with Crippen molar-refractivity contribution < 1.29 is 5.11 Å². The maximum absolute atomic E-state index is 10.2. The minimum Gasteiger partial charge on any atom is -0.388 e. The molecular weight excluding hydrogens is 314 g/mol. The third kappa shape index (κ3) is 6.97. The molecule has 0 aliphatic heterocycles. The van der Waals surface area contributed by atoms with E-state index in [1.807, 2.05) is 61.3 Å². The fourth-order valence-corrected chi connectivity index (χ4v) is 2.52. The Bertz CT molecular complexity index is 638. The molecule has 2 rings (SSSR count). The van der Waals surface area contributed by atoms with Crippen LogP contribution in [0.15, 0.2) is 47.7 Å². The van der Waals surface area contributed by atoms with Crippen molar-refractivity contribution in [3.63, 3.8) is 0 Å². The van der Waals surface area contributed by atoms with Crippen molar-refractivity contribution >= 4 is 5.96 Å². The first-order chi connectivity index (χ1) is 12.2. The van der Waals surface area contributed by atoms with Gasteiger partial charge in [-0.05, 0) is 37.8 Å². The number of aliphatic hydroxyl groups is 1. The highest BCUT2D eigenvalue weighted by molar-refractivity contribution is 5.79. The molecule has 1 aromatic heterocycles. The van der Waals surface area contributed by atoms with E-state index in [4.69, 9.17) is 0 Å². The van der Waals surface area contributed by atoms with E-state index in [2.05, 4.69) is 20.7 Å². The smallest absolute Gasteiger partial charge is 0.191 e. The van der Waals surface area contributed by atoms with Crippen LogP contribution in [0.1, 0.15) is 37.0 Å². The number of hydrogen-bond donors (Lipinski definition) is 3. The molecular formula is C19H29N5O. The third-order valence-electron chi connectivity index (χ3n) is 3.82. The van der Waals surface area contributed by atoms with Gasteiger partial charge in [0.05, 0.1) is 12.3 Å². The van der Waals surface area contributed by atoms with Crippen LogP contribution in [0, 0.1) is 6.92 Å². The number of aliphatic hydroxyl groups excluding tert-OH is 1. The van der Waals surface area contributed by atoms with Crippen molar-refractivity contribution in [2.75, 3.05) is 19.6 Å². The minimum atomic E-state index is -0.459. The Kier molecular flexibility index (Phi) is 7.98. The third-order valence-corrected chi connectivity index (χ3v) is 3.82. The number of nitrogens with zero attached hydrogens (tertiary/aromatic N) is 3. The Labute approximate surface area is 150 Å². The van der Waals surface area contributed by atoms with E-state index in [-0.39, 0.29) is 0 Å². The first kappa shape index (κ1) is 19.0. The summed E-state index contributed by atoms with van der Waals surface area (Å²) in [5.74, 6) is 0.791. The summed E-state index contributed by atoms with van der Waals surface area (Å²) in [6.07, 6.45) is 5.02. The van der Waals surface area contributed by atoms with Crippen molar-refractivity contribution in [1.29, 1.82) is 0 Å². The van der Waals surface area contributed by atoms with E-state index in [9.17, 15) is 5.11 Å². The zero-order chi connectivity index (χ0) is 17.9. The van der Waals surface area contributed by atoms with Crippen LogP contribution in [0.4, 0.5) is 0 Å². The van der Waals surface area contributed by atoms with Crippen LogP contribution >= 0.6 is 0 Å². The van der Waals surface area contributed by atoms with Crippen molar-refractivity contribution in [1.82, 2.24) is 20.4 Å². The molecule has 0 aliphatic rings. The van der Waals surface area contributed by atoms with E-state index in [1.165, 1.54) is 5.56 Å². The number of guanidine groups is 1. The summed E-state index contributed by atoms with van der Waals surface area (Å²) in [6.45, 7) is 7.16. The Morgan fingerprint density at radius 3 is 2.76 bits per heavy atom. The molecule has 0 aliphatic carbocycles. The molecule has 6 heteroatoms. The second-order valence-corrected chi connectivity index (χ2v) is 6.04. The van der Waals surface area contributed by atoms with Gasteiger partial charge >= 0.3 is 0 Å². The number of aromatic nitrogens is 2. The summed E-state index contributed by atoms with van der Waals surface area (Å²) < 4.78 is 1.95. The fourth-order valence-electron chi connectivity index (χ4n) is 2.52. The van der Waals surface area contributed by atoms with Gasteiger partial charge in [-0.1, -0.05) is 30.3 Å². The van der Waals surface area contributed by atoms with Crippen LogP contribution in [0.3, 0.4) is 0 Å². The predicted octanol–water partition coefficient (Wildman–Crippen LogP) is 2.26. The van der Waals surface area contributed by atoms with Gasteiger partial charge in [-0.25, -0.2) is 0 Å². The molecule has 3 N–H and O–H groups in total. The summed E-state index contributed by atoms with van der Waals surface area (Å²) in [7, 11) is 0. The first-order valence-electron chi connectivity index (χ1n) is 8.93. The number of rotatable bonds is 9. The lowest BCUT2D eigenvalue weighted by Gasteiger charge is -2.14. The highest BCUT2D eigenvalue weighted by atomic mass is 16.3. The molecule has 1 unspecified atom stereocenters. The maximum atomic E-state index is 10.2. The lowest BCUT2D eigenvalue weighted by atomic mass is 10.1. The monoisotopic (exact) mass is 343 g/mol. The van der Waals surface area contributed by atoms with Crippen LogP contribution in [-0.4, -0.2) is 40.5 Å². The molecule has 6 nitrogen and oxygen atoms in total. The quantitative estimate of drug-likeness (QED) is 0.371. The largest absolute Gasteiger partial charge is 0.388 e. The molecule has 136 valence electrons. The molecule has 0 fully saturated rings. The SMILES string of the molecule is CCNC(=NCCCn1cc(C)cn1)NCCC(O)c1ccccc1. The van der Waals surface area contributed by atoms with Crippen LogP contribution in [0.5, 0.6) is 0 Å². The summed E-state index contributed by atoms with van der Waals surface area (Å²) in [5.41, 5.74) is 2.12. The second-order valence-electron chi connectivity index (χ2n) is 6.04. The molecule has 0 saturated carbocycles. The van der Waals surface area contributed by atoms with Crippen LogP contribution in [0.2, 0.25) is 0 Å². The zero-order valence-corrected chi connectivity index (χ0v) is 15.2. The van der Waals surface area contributed by atoms with Gasteiger partial charge in [0.1, 0.15) is 0 Å². The van der Waals surface area contributed by atoms with Gasteiger partial charge < -0.3 is 15.7 Å². The summed E-state index contributed by atoms with van der Waals surface area (Å²) in [4.78, 5) is 4.58. The molecule has 0 amide bonds. The first-order valence-corrected chi connectivity index (χ1v) is 8.93. The summed E-state index contributed by atoms with van der Waals surface area (Å²) in [6, 6.07) is 9.73. The standard InChI is InChI=1S/C19H29N5O/c1-3-20-19(21-11-7-13-24-15-16(2)14-23-24)22-12-10-18(25)17-8-5-4-6-9-17/h4-6,8-9,14-15,18,25H,3,7,10-13H2,1-2H3,(H2,20,21,22). The summed E-state index contributed by atoms with van der Waals surface area (Å²) in [5, 5.41) is 21.0. The molecule has 25 heavy (non-hydrogen) atoms. The topological polar surface area (TPSA) is 74.5 Å². The van der Waals surface area contributed by atoms with E-state index >= 15 is 0 Å². The molecule has 0 radical (unpaired) electrons. The molecule has 2 aromatic rings. The van der Waals surface area contributed by atoms with Gasteiger partial charge in [0.15, 0.2) is 5.96 Å². The highest BCUT2D eigenvalue weighted by Crippen LogP contribution is 2.14. The molecule has 0 saturated heterocycles. The second kappa shape index (κ2) is 10.5. The van der Waals surface area contributed by atoms with Gasteiger partial charge in [-0.3, -0.25) is 9.67 Å². The van der Waals surface area contributed by atoms with E-state index < -0.39 is 6.10 Å². The Balaban J connectivity index is 1.71. The van der Waals surface area contributed by atoms with Crippen molar-refractivity contribution in [2.24, 2.45) is 4.99 Å². The highest BCUT2D eigenvalue weighted by Gasteiger charge is 2.06. The fraction of sp³-hybridized carbons (Fsp3) is 0.474. The average molecular weight is 343 g/mol. The van der Waals surface area contributed by atoms with Crippen LogP contribution < -0.4 is 10.6 Å². The molecule has 1 aromatic carbocycles. The van der Waals surface area contributed by atoms with Gasteiger partial charge in [-0.2, -0.15) is 5.10 Å². The normalized spacial score (nSPS) is 12.8. The van der Waals surface area contributed by atoms with Crippen LogP contribution in [0.25, 0.3) is 0 Å². The van der Waals surface area contributed by atoms with E-state index in [0.29, 0.717) is 13.0 Å². The Hall–Kier alpha value is -2.34. The van der Waals surface area contributed by atoms with Gasteiger partial charge in [0.2, 0.25) is 0 Å². The van der Waals surface area contributed by atoms with Gasteiger partial charge in [-0.15, -0.1) is 0 Å². The minimum absolute atomic E-state index is 0.459. The molecule has 0 spiro atoms. The number of nitrogens with one attached hydrogen (secondary N) is 2. The van der Waals surface area contributed by atoms with Crippen molar-refractivity contribution in [3.8, 4) is 0 Å². The van der Waals surface area contributed by atoms with E-state index in [0.717, 1.165) is 37.6 Å². The summed E-state index contributed by atoms with van der Waals surface area (Å²) >= 11 is 0. The van der Waals surface area contributed by atoms with Gasteiger partial charge in [0.25, 0.3) is 0 Å². The Morgan fingerprint density at radius 1 is 1.28 bits per heavy atom. The van der Waals surface area contributed by atoms with Crippen molar-refractivity contribution in [3.05, 3.63) is 53.9 Å². The lowest BCUT2D eigenvalue weighted by Crippen LogP contribution is -2.38. The number of aliphatic imine (C=N–C) groups is 1. The van der Waals surface area contributed by atoms with E-state index in [1.54, 1.807) is 0 Å². The number of aryl methyl sites for hydroxylation is 2. The van der Waals surface area contributed by atoms with Gasteiger partial charge in [0, 0.05) is 32.4 Å². The predicted molar refractivity (Wildman–Crippen MR) is 102 cm³/mol.